The van der Waals surface area contributed by atoms with Crippen molar-refractivity contribution in [2.24, 2.45) is 0 Å². The Morgan fingerprint density at radius 3 is 1.12 bits per heavy atom. The Morgan fingerprint density at radius 2 is 0.808 bits per heavy atom. The zero-order valence-electron chi connectivity index (χ0n) is 31.5. The highest BCUT2D eigenvalue weighted by atomic mass is 16.6. The smallest absolute Gasteiger partial charge is 0.410 e. The number of nitrogens with zero attached hydrogens (tertiary/aromatic N) is 2. The van der Waals surface area contributed by atoms with Gasteiger partial charge in [0.2, 0.25) is 0 Å². The Balaban J connectivity index is 1.19. The van der Waals surface area contributed by atoms with Crippen molar-refractivity contribution in [1.82, 2.24) is 9.80 Å². The fourth-order valence-corrected chi connectivity index (χ4v) is 4.31. The third kappa shape index (κ3) is 21.7. The van der Waals surface area contributed by atoms with Crippen LogP contribution in [0, 0.1) is 0 Å². The number of ether oxygens (including phenoxy) is 11. The van der Waals surface area contributed by atoms with E-state index in [9.17, 15) is 14.4 Å². The van der Waals surface area contributed by atoms with E-state index in [4.69, 9.17) is 52.1 Å². The molecule has 0 aliphatic carbocycles. The van der Waals surface area contributed by atoms with Crippen LogP contribution in [-0.2, 0) is 52.1 Å². The summed E-state index contributed by atoms with van der Waals surface area (Å²) in [5.41, 5.74) is 0.360. The minimum Gasteiger partial charge on any atom is -0.444 e. The molecule has 0 bridgehead atoms. The molecule has 1 heterocycles. The Bertz CT molecular complexity index is 1070. The van der Waals surface area contributed by atoms with Crippen LogP contribution >= 0.6 is 0 Å². The fourth-order valence-electron chi connectivity index (χ4n) is 4.31. The van der Waals surface area contributed by atoms with Crippen molar-refractivity contribution in [3.8, 4) is 0 Å². The van der Waals surface area contributed by atoms with Gasteiger partial charge >= 0.3 is 6.09 Å². The maximum atomic E-state index is 12.3. The number of amides is 3. The van der Waals surface area contributed by atoms with Gasteiger partial charge in [-0.15, -0.1) is 0 Å². The number of carbonyl (C=O) groups is 3. The summed E-state index contributed by atoms with van der Waals surface area (Å²) in [5, 5.41) is 0. The van der Waals surface area contributed by atoms with Gasteiger partial charge in [0.25, 0.3) is 11.8 Å². The highest BCUT2D eigenvalue weighted by molar-refractivity contribution is 6.21. The van der Waals surface area contributed by atoms with Crippen molar-refractivity contribution >= 4 is 17.9 Å². The Kier molecular flexibility index (Phi) is 25.0. The predicted octanol–water partition coefficient (Wildman–Crippen LogP) is 2.32. The lowest BCUT2D eigenvalue weighted by Gasteiger charge is -2.24. The lowest BCUT2D eigenvalue weighted by molar-refractivity contribution is -0.0268. The molecule has 1 aliphatic rings. The van der Waals surface area contributed by atoms with Gasteiger partial charge in [-0.2, -0.15) is 0 Å². The van der Waals surface area contributed by atoms with Crippen LogP contribution in [-0.4, -0.2) is 186 Å². The number of benzene rings is 1. The van der Waals surface area contributed by atoms with E-state index in [0.717, 1.165) is 0 Å². The lowest BCUT2D eigenvalue weighted by Crippen LogP contribution is -2.36. The summed E-state index contributed by atoms with van der Waals surface area (Å²) in [7, 11) is 1.68. The summed E-state index contributed by atoms with van der Waals surface area (Å²) in [6.07, 6.45) is -0.371. The molecule has 16 heteroatoms. The minimum absolute atomic E-state index is 0.209. The van der Waals surface area contributed by atoms with E-state index >= 15 is 0 Å². The average molecular weight is 745 g/mol. The van der Waals surface area contributed by atoms with Crippen molar-refractivity contribution < 1.29 is 66.5 Å². The number of fused-ring (bicyclic) bond motifs is 1. The molecule has 0 atom stereocenters. The van der Waals surface area contributed by atoms with E-state index in [1.807, 2.05) is 20.8 Å². The van der Waals surface area contributed by atoms with E-state index in [-0.39, 0.29) is 31.1 Å². The van der Waals surface area contributed by atoms with Crippen molar-refractivity contribution in [2.75, 3.05) is 152 Å². The van der Waals surface area contributed by atoms with E-state index < -0.39 is 5.60 Å². The maximum Gasteiger partial charge on any atom is 0.410 e. The highest BCUT2D eigenvalue weighted by Crippen LogP contribution is 2.21. The second-order valence-electron chi connectivity index (χ2n) is 12.3. The van der Waals surface area contributed by atoms with Gasteiger partial charge in [0, 0.05) is 13.6 Å². The molecule has 0 aromatic heterocycles. The molecule has 0 unspecified atom stereocenters. The molecule has 0 N–H and O–H groups in total. The van der Waals surface area contributed by atoms with E-state index in [0.29, 0.717) is 143 Å². The fraction of sp³-hybridized carbons (Fsp3) is 0.750. The number of hydrogen-bond donors (Lipinski definition) is 0. The highest BCUT2D eigenvalue weighted by Gasteiger charge is 2.34. The number of carbonyl (C=O) groups excluding carboxylic acids is 3. The lowest BCUT2D eigenvalue weighted by atomic mass is 10.1. The summed E-state index contributed by atoms with van der Waals surface area (Å²) in [4.78, 5) is 39.2. The van der Waals surface area contributed by atoms with E-state index in [1.165, 1.54) is 9.80 Å². The van der Waals surface area contributed by atoms with E-state index in [2.05, 4.69) is 0 Å². The van der Waals surface area contributed by atoms with Crippen LogP contribution in [0.4, 0.5) is 4.79 Å². The molecular formula is C36H60N2O14. The van der Waals surface area contributed by atoms with Gasteiger partial charge in [0.05, 0.1) is 150 Å². The maximum absolute atomic E-state index is 12.3. The molecule has 298 valence electrons. The number of hydrogen-bond acceptors (Lipinski definition) is 14. The average Bonchev–Trinajstić information content (AvgIpc) is 3.36. The quantitative estimate of drug-likeness (QED) is 0.0763. The van der Waals surface area contributed by atoms with Gasteiger partial charge in [-0.3, -0.25) is 14.5 Å². The monoisotopic (exact) mass is 744 g/mol. The van der Waals surface area contributed by atoms with Crippen molar-refractivity contribution in [1.29, 1.82) is 0 Å². The molecule has 2 rings (SSSR count). The summed E-state index contributed by atoms with van der Waals surface area (Å²) < 4.78 is 60.0. The van der Waals surface area contributed by atoms with Crippen LogP contribution in [0.2, 0.25) is 0 Å². The second-order valence-corrected chi connectivity index (χ2v) is 12.3. The molecule has 3 amide bonds. The third-order valence-corrected chi connectivity index (χ3v) is 6.96. The summed E-state index contributed by atoms with van der Waals surface area (Å²) >= 11 is 0. The first-order valence-electron chi connectivity index (χ1n) is 17.9. The third-order valence-electron chi connectivity index (χ3n) is 6.96. The van der Waals surface area contributed by atoms with Crippen LogP contribution in [0.15, 0.2) is 24.3 Å². The normalized spacial score (nSPS) is 12.9. The first-order chi connectivity index (χ1) is 25.2. The molecule has 0 fully saturated rings. The Labute approximate surface area is 308 Å². The Hall–Kier alpha value is -2.77. The second kappa shape index (κ2) is 28.7. The summed E-state index contributed by atoms with van der Waals surface area (Å²) in [6, 6.07) is 6.81. The van der Waals surface area contributed by atoms with Gasteiger partial charge in [-0.05, 0) is 32.9 Å². The summed E-state index contributed by atoms with van der Waals surface area (Å²) in [5.74, 6) is -0.563. The van der Waals surface area contributed by atoms with Crippen LogP contribution in [0.1, 0.15) is 41.5 Å². The molecule has 1 aromatic carbocycles. The van der Waals surface area contributed by atoms with Crippen LogP contribution in [0.5, 0.6) is 0 Å². The number of imide groups is 1. The molecule has 16 nitrogen and oxygen atoms in total. The zero-order chi connectivity index (χ0) is 37.7. The molecule has 0 radical (unpaired) electrons. The standard InChI is InChI=1S/C36H60N2O14/c1-36(2,3)52-35(41)37(4)9-11-42-13-15-44-17-19-46-21-23-48-25-27-50-29-30-51-28-26-49-24-22-47-20-18-45-16-14-43-12-10-38-33(39)31-7-5-6-8-32(31)34(38)40/h5-8H,9-30H2,1-4H3. The van der Waals surface area contributed by atoms with Crippen LogP contribution in [0.3, 0.4) is 0 Å². The molecule has 52 heavy (non-hydrogen) atoms. The van der Waals surface area contributed by atoms with Crippen molar-refractivity contribution in [3.05, 3.63) is 35.4 Å². The van der Waals surface area contributed by atoms with Gasteiger partial charge in [-0.25, -0.2) is 4.79 Å². The Morgan fingerprint density at radius 1 is 0.519 bits per heavy atom. The van der Waals surface area contributed by atoms with Crippen molar-refractivity contribution in [2.45, 2.75) is 26.4 Å². The van der Waals surface area contributed by atoms with Crippen molar-refractivity contribution in [3.63, 3.8) is 0 Å². The van der Waals surface area contributed by atoms with Gasteiger partial charge in [0.1, 0.15) is 5.60 Å². The molecule has 0 saturated heterocycles. The molecule has 1 aliphatic heterocycles. The van der Waals surface area contributed by atoms with Gasteiger partial charge in [0.15, 0.2) is 0 Å². The zero-order valence-corrected chi connectivity index (χ0v) is 31.5. The first-order valence-corrected chi connectivity index (χ1v) is 17.9. The van der Waals surface area contributed by atoms with Gasteiger partial charge < -0.3 is 57.0 Å². The van der Waals surface area contributed by atoms with Crippen LogP contribution in [0.25, 0.3) is 0 Å². The predicted molar refractivity (Wildman–Crippen MR) is 189 cm³/mol. The van der Waals surface area contributed by atoms with Gasteiger partial charge in [-0.1, -0.05) is 12.1 Å². The van der Waals surface area contributed by atoms with E-state index in [1.54, 1.807) is 31.3 Å². The molecule has 0 spiro atoms. The van der Waals surface area contributed by atoms with Crippen LogP contribution < -0.4 is 0 Å². The molecule has 0 saturated carbocycles. The molecular weight excluding hydrogens is 684 g/mol. The topological polar surface area (TPSA) is 159 Å². The first kappa shape index (κ1) is 45.4. The largest absolute Gasteiger partial charge is 0.444 e. The number of likely N-dealkylation sites (N-methyl/N-ethyl adjacent to an activating group) is 1. The summed E-state index contributed by atoms with van der Waals surface area (Å²) in [6.45, 7) is 14.9. The number of rotatable bonds is 33. The SMILES string of the molecule is CN(CCOCCOCCOCCOCCOCCOCCOCCOCCOCCOCCN1C(=O)c2ccccc2C1=O)C(=O)OC(C)(C)C. The molecule has 1 aromatic rings. The minimum atomic E-state index is -0.517.